The molecule has 4 nitrogen and oxygen atoms in total. The van der Waals surface area contributed by atoms with Crippen LogP contribution >= 0.6 is 27.3 Å². The molecule has 2 N–H and O–H groups in total. The van der Waals surface area contributed by atoms with Gasteiger partial charge in [0, 0.05) is 30.1 Å². The van der Waals surface area contributed by atoms with Gasteiger partial charge in [0.25, 0.3) is 5.91 Å². The molecule has 0 aliphatic heterocycles. The van der Waals surface area contributed by atoms with Crippen molar-refractivity contribution in [2.75, 3.05) is 7.05 Å². The van der Waals surface area contributed by atoms with Gasteiger partial charge in [-0.3, -0.25) is 9.59 Å². The van der Waals surface area contributed by atoms with E-state index in [2.05, 4.69) is 26.6 Å². The Labute approximate surface area is 141 Å². The van der Waals surface area contributed by atoms with E-state index in [1.807, 2.05) is 24.3 Å². The first kappa shape index (κ1) is 16.5. The number of rotatable bonds is 5. The molecule has 0 unspecified atom stereocenters. The second-order valence-electron chi connectivity index (χ2n) is 4.47. The highest BCUT2D eigenvalue weighted by atomic mass is 79.9. The molecule has 0 aliphatic carbocycles. The Balaban J connectivity index is 1.85. The molecule has 0 atom stereocenters. The SMILES string of the molecule is CNC(=O)c1ccc(CNC(=O)/C=C/c2ccc(Br)s2)cc1. The zero-order chi connectivity index (χ0) is 15.9. The Morgan fingerprint density at radius 2 is 1.91 bits per heavy atom. The van der Waals surface area contributed by atoms with E-state index < -0.39 is 0 Å². The number of benzene rings is 1. The first-order valence-electron chi connectivity index (χ1n) is 6.61. The lowest BCUT2D eigenvalue weighted by atomic mass is 10.1. The molecule has 0 radical (unpaired) electrons. The third-order valence-electron chi connectivity index (χ3n) is 2.90. The van der Waals surface area contributed by atoms with Crippen molar-refractivity contribution in [2.24, 2.45) is 0 Å². The maximum absolute atomic E-state index is 11.7. The molecule has 0 fully saturated rings. The standard InChI is InChI=1S/C16H15BrN2O2S/c1-18-16(21)12-4-2-11(3-5-12)10-19-15(20)9-7-13-6-8-14(17)22-13/h2-9H,10H2,1H3,(H,18,21)(H,19,20)/b9-7+. The molecule has 2 amide bonds. The van der Waals surface area contributed by atoms with E-state index in [0.29, 0.717) is 12.1 Å². The lowest BCUT2D eigenvalue weighted by molar-refractivity contribution is -0.116. The minimum atomic E-state index is -0.153. The van der Waals surface area contributed by atoms with Gasteiger partial charge in [0.2, 0.25) is 5.91 Å². The topological polar surface area (TPSA) is 58.2 Å². The van der Waals surface area contributed by atoms with E-state index in [-0.39, 0.29) is 11.8 Å². The summed E-state index contributed by atoms with van der Waals surface area (Å²) in [7, 11) is 1.59. The molecule has 22 heavy (non-hydrogen) atoms. The Morgan fingerprint density at radius 1 is 1.18 bits per heavy atom. The molecule has 0 saturated carbocycles. The van der Waals surface area contributed by atoms with Crippen molar-refractivity contribution in [1.82, 2.24) is 10.6 Å². The van der Waals surface area contributed by atoms with Crippen LogP contribution in [-0.2, 0) is 11.3 Å². The average Bonchev–Trinajstić information content (AvgIpc) is 2.96. The molecule has 0 bridgehead atoms. The Bertz CT molecular complexity index is 692. The normalized spacial score (nSPS) is 10.6. The van der Waals surface area contributed by atoms with Crippen LogP contribution in [0.25, 0.3) is 6.08 Å². The molecular weight excluding hydrogens is 364 g/mol. The number of carbonyl (C=O) groups is 2. The quantitative estimate of drug-likeness (QED) is 0.784. The van der Waals surface area contributed by atoms with E-state index in [0.717, 1.165) is 14.2 Å². The Kier molecular flexibility index (Phi) is 5.91. The number of amides is 2. The highest BCUT2D eigenvalue weighted by Crippen LogP contribution is 2.22. The third-order valence-corrected chi connectivity index (χ3v) is 4.49. The number of hydrogen-bond donors (Lipinski definition) is 2. The molecule has 1 heterocycles. The highest BCUT2D eigenvalue weighted by molar-refractivity contribution is 9.11. The molecule has 6 heteroatoms. The van der Waals surface area contributed by atoms with Gasteiger partial charge in [0.15, 0.2) is 0 Å². The summed E-state index contributed by atoms with van der Waals surface area (Å²) in [5.41, 5.74) is 1.54. The van der Waals surface area contributed by atoms with Crippen molar-refractivity contribution >= 4 is 45.2 Å². The molecule has 0 saturated heterocycles. The Morgan fingerprint density at radius 3 is 2.50 bits per heavy atom. The number of carbonyl (C=O) groups excluding carboxylic acids is 2. The van der Waals surface area contributed by atoms with Crippen LogP contribution in [0.15, 0.2) is 46.3 Å². The van der Waals surface area contributed by atoms with Gasteiger partial charge in [0.05, 0.1) is 3.79 Å². The number of nitrogens with one attached hydrogen (secondary N) is 2. The zero-order valence-electron chi connectivity index (χ0n) is 11.9. The minimum Gasteiger partial charge on any atom is -0.355 e. The van der Waals surface area contributed by atoms with E-state index >= 15 is 0 Å². The summed E-state index contributed by atoms with van der Waals surface area (Å²) in [6.07, 6.45) is 3.29. The van der Waals surface area contributed by atoms with Gasteiger partial charge in [0.1, 0.15) is 0 Å². The minimum absolute atomic E-state index is 0.124. The van der Waals surface area contributed by atoms with Gasteiger partial charge in [-0.2, -0.15) is 0 Å². The lowest BCUT2D eigenvalue weighted by Crippen LogP contribution is -2.20. The molecule has 0 spiro atoms. The second kappa shape index (κ2) is 7.91. The maximum atomic E-state index is 11.7. The van der Waals surface area contributed by atoms with Gasteiger partial charge >= 0.3 is 0 Å². The van der Waals surface area contributed by atoms with Crippen molar-refractivity contribution in [1.29, 1.82) is 0 Å². The van der Waals surface area contributed by atoms with Gasteiger partial charge in [-0.1, -0.05) is 12.1 Å². The van der Waals surface area contributed by atoms with Crippen molar-refractivity contribution in [3.05, 3.63) is 62.3 Å². The predicted octanol–water partition coefficient (Wildman–Crippen LogP) is 3.20. The zero-order valence-corrected chi connectivity index (χ0v) is 14.3. The van der Waals surface area contributed by atoms with E-state index in [9.17, 15) is 9.59 Å². The molecule has 2 aromatic rings. The molecular formula is C16H15BrN2O2S. The van der Waals surface area contributed by atoms with E-state index in [1.165, 1.54) is 6.08 Å². The van der Waals surface area contributed by atoms with Crippen LogP contribution in [0, 0.1) is 0 Å². The summed E-state index contributed by atoms with van der Waals surface area (Å²) in [6, 6.07) is 11.0. The first-order chi connectivity index (χ1) is 10.6. The maximum Gasteiger partial charge on any atom is 0.251 e. The summed E-state index contributed by atoms with van der Waals surface area (Å²) in [4.78, 5) is 24.2. The summed E-state index contributed by atoms with van der Waals surface area (Å²) < 4.78 is 1.03. The van der Waals surface area contributed by atoms with Crippen molar-refractivity contribution in [3.8, 4) is 0 Å². The number of hydrogen-bond acceptors (Lipinski definition) is 3. The first-order valence-corrected chi connectivity index (χ1v) is 8.21. The number of thiophene rings is 1. The fourth-order valence-electron chi connectivity index (χ4n) is 1.74. The molecule has 1 aromatic carbocycles. The Hall–Kier alpha value is -1.92. The van der Waals surface area contributed by atoms with Crippen LogP contribution in [0.5, 0.6) is 0 Å². The van der Waals surface area contributed by atoms with Crippen molar-refractivity contribution in [2.45, 2.75) is 6.54 Å². The van der Waals surface area contributed by atoms with Gasteiger partial charge < -0.3 is 10.6 Å². The smallest absolute Gasteiger partial charge is 0.251 e. The van der Waals surface area contributed by atoms with E-state index in [4.69, 9.17) is 0 Å². The lowest BCUT2D eigenvalue weighted by Gasteiger charge is -2.04. The molecule has 0 aliphatic rings. The largest absolute Gasteiger partial charge is 0.355 e. The van der Waals surface area contributed by atoms with Crippen LogP contribution in [0.3, 0.4) is 0 Å². The summed E-state index contributed by atoms with van der Waals surface area (Å²) in [6.45, 7) is 0.422. The van der Waals surface area contributed by atoms with E-state index in [1.54, 1.807) is 36.6 Å². The summed E-state index contributed by atoms with van der Waals surface area (Å²) >= 11 is 4.94. The van der Waals surface area contributed by atoms with Gasteiger partial charge in [-0.25, -0.2) is 0 Å². The number of halogens is 1. The van der Waals surface area contributed by atoms with Crippen LogP contribution < -0.4 is 10.6 Å². The molecule has 114 valence electrons. The monoisotopic (exact) mass is 378 g/mol. The third kappa shape index (κ3) is 4.82. The summed E-state index contributed by atoms with van der Waals surface area (Å²) in [5, 5.41) is 5.37. The predicted molar refractivity (Wildman–Crippen MR) is 92.7 cm³/mol. The summed E-state index contributed by atoms with van der Waals surface area (Å²) in [5.74, 6) is -0.277. The van der Waals surface area contributed by atoms with Crippen molar-refractivity contribution < 1.29 is 9.59 Å². The fourth-order valence-corrected chi connectivity index (χ4v) is 3.07. The second-order valence-corrected chi connectivity index (χ2v) is 6.96. The van der Waals surface area contributed by atoms with Crippen molar-refractivity contribution in [3.63, 3.8) is 0 Å². The van der Waals surface area contributed by atoms with Crippen LogP contribution in [0.1, 0.15) is 20.8 Å². The fraction of sp³-hybridized carbons (Fsp3) is 0.125. The van der Waals surface area contributed by atoms with Gasteiger partial charge in [-0.15, -0.1) is 11.3 Å². The van der Waals surface area contributed by atoms with Gasteiger partial charge in [-0.05, 0) is 51.8 Å². The molecule has 2 rings (SSSR count). The van der Waals surface area contributed by atoms with Crippen LogP contribution in [0.4, 0.5) is 0 Å². The average molecular weight is 379 g/mol. The van der Waals surface area contributed by atoms with Crippen LogP contribution in [0.2, 0.25) is 0 Å². The van der Waals surface area contributed by atoms with Crippen LogP contribution in [-0.4, -0.2) is 18.9 Å². The highest BCUT2D eigenvalue weighted by Gasteiger charge is 2.03. The molecule has 1 aromatic heterocycles.